The van der Waals surface area contributed by atoms with Crippen molar-refractivity contribution in [1.82, 2.24) is 4.98 Å². The maximum absolute atomic E-state index is 6.88. The van der Waals surface area contributed by atoms with E-state index in [9.17, 15) is 0 Å². The molecule has 0 saturated carbocycles. The van der Waals surface area contributed by atoms with Crippen molar-refractivity contribution < 1.29 is 23.7 Å². The highest BCUT2D eigenvalue weighted by atomic mass is 32.2. The highest BCUT2D eigenvalue weighted by Gasteiger charge is 2.49. The summed E-state index contributed by atoms with van der Waals surface area (Å²) in [5.74, 6) is 0. The Morgan fingerprint density at radius 3 is 1.46 bits per heavy atom. The van der Waals surface area contributed by atoms with Crippen molar-refractivity contribution in [3.8, 4) is 0 Å². The maximum atomic E-state index is 6.88. The number of benzene rings is 4. The van der Waals surface area contributed by atoms with E-state index in [1.165, 1.54) is 11.8 Å². The molecule has 0 aliphatic carbocycles. The van der Waals surface area contributed by atoms with Crippen LogP contribution in [0.1, 0.15) is 22.3 Å². The van der Waals surface area contributed by atoms with Crippen LogP contribution in [-0.4, -0.2) is 41.4 Å². The highest BCUT2D eigenvalue weighted by Crippen LogP contribution is 2.38. The fourth-order valence-corrected chi connectivity index (χ4v) is 6.46. The van der Waals surface area contributed by atoms with Crippen molar-refractivity contribution in [2.75, 3.05) is 6.61 Å². The molecule has 1 aliphatic rings. The monoisotopic (exact) mass is 633 g/mol. The molecule has 1 aliphatic heterocycles. The molecule has 5 atom stereocenters. The summed E-state index contributed by atoms with van der Waals surface area (Å²) in [6.07, 6.45) is -0.0392. The Morgan fingerprint density at radius 1 is 0.500 bits per heavy atom. The molecule has 6 rings (SSSR count). The van der Waals surface area contributed by atoms with Crippen molar-refractivity contribution >= 4 is 11.8 Å². The first-order valence-electron chi connectivity index (χ1n) is 15.6. The van der Waals surface area contributed by atoms with Gasteiger partial charge in [-0.25, -0.2) is 4.98 Å². The number of nitrogens with zero attached hydrogens (tertiary/aromatic N) is 1. The van der Waals surface area contributed by atoms with Gasteiger partial charge in [0, 0.05) is 6.20 Å². The molecule has 2 heterocycles. The topological polar surface area (TPSA) is 59.0 Å². The zero-order chi connectivity index (χ0) is 31.2. The van der Waals surface area contributed by atoms with Crippen LogP contribution in [0.4, 0.5) is 0 Å². The zero-order valence-electron chi connectivity index (χ0n) is 25.7. The fraction of sp³-hybridized carbons (Fsp3) is 0.256. The number of thioether (sulfide) groups is 1. The van der Waals surface area contributed by atoms with Crippen LogP contribution < -0.4 is 0 Å². The second-order valence-electron chi connectivity index (χ2n) is 11.1. The fourth-order valence-electron chi connectivity index (χ4n) is 5.38. The normalized spacial score (nSPS) is 21.2. The molecule has 1 fully saturated rings. The summed E-state index contributed by atoms with van der Waals surface area (Å²) in [6.45, 7) is 2.00. The molecule has 0 spiro atoms. The average Bonchev–Trinajstić information content (AvgIpc) is 3.12. The van der Waals surface area contributed by atoms with Gasteiger partial charge in [0.05, 0.1) is 38.1 Å². The minimum atomic E-state index is -0.471. The molecule has 0 N–H and O–H groups in total. The van der Waals surface area contributed by atoms with Gasteiger partial charge in [-0.05, 0) is 34.4 Å². The Hall–Kier alpha value is -3.82. The van der Waals surface area contributed by atoms with Crippen LogP contribution in [0.5, 0.6) is 0 Å². The molecule has 7 heteroatoms. The third-order valence-electron chi connectivity index (χ3n) is 7.72. The second-order valence-corrected chi connectivity index (χ2v) is 12.2. The molecule has 1 aromatic heterocycles. The molecule has 4 aromatic carbocycles. The van der Waals surface area contributed by atoms with Gasteiger partial charge < -0.3 is 23.7 Å². The van der Waals surface area contributed by atoms with Crippen molar-refractivity contribution in [3.05, 3.63) is 168 Å². The Labute approximate surface area is 275 Å². The van der Waals surface area contributed by atoms with E-state index in [2.05, 4.69) is 53.5 Å². The van der Waals surface area contributed by atoms with Gasteiger partial charge >= 0.3 is 0 Å². The third-order valence-corrected chi connectivity index (χ3v) is 8.81. The first-order valence-corrected chi connectivity index (χ1v) is 16.5. The van der Waals surface area contributed by atoms with Crippen molar-refractivity contribution in [2.24, 2.45) is 0 Å². The van der Waals surface area contributed by atoms with Crippen LogP contribution in [0.25, 0.3) is 0 Å². The molecule has 0 amide bonds. The Balaban J connectivity index is 1.31. The lowest BCUT2D eigenvalue weighted by molar-refractivity contribution is -0.254. The van der Waals surface area contributed by atoms with Gasteiger partial charge in [-0.15, -0.1) is 0 Å². The van der Waals surface area contributed by atoms with Gasteiger partial charge in [0.2, 0.25) is 0 Å². The summed E-state index contributed by atoms with van der Waals surface area (Å²) in [6, 6.07) is 46.6. The molecule has 5 aromatic rings. The first kappa shape index (κ1) is 32.1. The molecule has 0 bridgehead atoms. The van der Waals surface area contributed by atoms with E-state index in [-0.39, 0.29) is 0 Å². The van der Waals surface area contributed by atoms with Crippen molar-refractivity contribution in [1.29, 1.82) is 0 Å². The summed E-state index contributed by atoms with van der Waals surface area (Å²) in [4.78, 5) is 4.59. The summed E-state index contributed by atoms with van der Waals surface area (Å²) in [5, 5.41) is 0.843. The number of rotatable bonds is 15. The summed E-state index contributed by atoms with van der Waals surface area (Å²) >= 11 is 1.53. The molecule has 236 valence electrons. The molecule has 6 nitrogen and oxygen atoms in total. The lowest BCUT2D eigenvalue weighted by atomic mass is 9.98. The van der Waals surface area contributed by atoms with Crippen molar-refractivity contribution in [3.63, 3.8) is 0 Å². The van der Waals surface area contributed by atoms with Crippen LogP contribution >= 0.6 is 11.8 Å². The summed E-state index contributed by atoms with van der Waals surface area (Å²) < 4.78 is 33.5. The van der Waals surface area contributed by atoms with Crippen LogP contribution in [-0.2, 0) is 50.1 Å². The van der Waals surface area contributed by atoms with Crippen LogP contribution in [0.2, 0.25) is 0 Å². The van der Waals surface area contributed by atoms with Gasteiger partial charge in [0.25, 0.3) is 0 Å². The Morgan fingerprint density at radius 2 is 0.957 bits per heavy atom. The van der Waals surface area contributed by atoms with Crippen molar-refractivity contribution in [2.45, 2.75) is 61.3 Å². The lowest BCUT2D eigenvalue weighted by Crippen LogP contribution is -2.60. The van der Waals surface area contributed by atoms with Gasteiger partial charge in [-0.2, -0.15) is 0 Å². The summed E-state index contributed by atoms with van der Waals surface area (Å²) in [7, 11) is 0. The van der Waals surface area contributed by atoms with E-state index in [1.807, 2.05) is 91.0 Å². The largest absolute Gasteiger partial charge is 0.374 e. The summed E-state index contributed by atoms with van der Waals surface area (Å²) in [5.41, 5.74) is 3.88. The minimum absolute atomic E-state index is 0.324. The first-order chi connectivity index (χ1) is 22.8. The Bertz CT molecular complexity index is 1550. The van der Waals surface area contributed by atoms with E-state index < -0.39 is 29.9 Å². The number of hydrogen-bond donors (Lipinski definition) is 0. The second kappa shape index (κ2) is 17.2. The molecular formula is C39H39NO5S. The van der Waals surface area contributed by atoms with E-state index in [4.69, 9.17) is 23.7 Å². The number of hydrogen-bond acceptors (Lipinski definition) is 7. The maximum Gasteiger partial charge on any atom is 0.138 e. The molecule has 0 radical (unpaired) electrons. The molecule has 1 saturated heterocycles. The average molecular weight is 634 g/mol. The molecule has 0 unspecified atom stereocenters. The van der Waals surface area contributed by atoms with Gasteiger partial charge in [-0.3, -0.25) is 0 Å². The minimum Gasteiger partial charge on any atom is -0.374 e. The van der Waals surface area contributed by atoms with Gasteiger partial charge in [-0.1, -0.05) is 139 Å². The highest BCUT2D eigenvalue weighted by molar-refractivity contribution is 7.99. The number of aromatic nitrogens is 1. The molecule has 46 heavy (non-hydrogen) atoms. The third kappa shape index (κ3) is 9.36. The van der Waals surface area contributed by atoms with E-state index in [1.54, 1.807) is 6.20 Å². The van der Waals surface area contributed by atoms with E-state index in [0.717, 1.165) is 27.3 Å². The SMILES string of the molecule is c1ccc(COC[C@H]2O[C@H](Sc3ccccn3)[C@H](OCc3ccccc3)[C@H](OCc3ccccc3)[C@@H]2OCc2ccccc2)cc1. The van der Waals surface area contributed by atoms with Crippen LogP contribution in [0, 0.1) is 0 Å². The number of pyridine rings is 1. The number of ether oxygens (including phenoxy) is 5. The van der Waals surface area contributed by atoms with Crippen LogP contribution in [0.3, 0.4) is 0 Å². The van der Waals surface area contributed by atoms with E-state index >= 15 is 0 Å². The smallest absolute Gasteiger partial charge is 0.138 e. The quantitative estimate of drug-likeness (QED) is 0.116. The van der Waals surface area contributed by atoms with Crippen LogP contribution in [0.15, 0.2) is 151 Å². The lowest BCUT2D eigenvalue weighted by Gasteiger charge is -2.46. The predicted octanol–water partition coefficient (Wildman–Crippen LogP) is 7.87. The van der Waals surface area contributed by atoms with E-state index in [0.29, 0.717) is 33.0 Å². The Kier molecular flexibility index (Phi) is 12.0. The van der Waals surface area contributed by atoms with Gasteiger partial charge in [0.15, 0.2) is 0 Å². The standard InChI is InChI=1S/C39H39NO5S/c1-5-15-30(16-6-1)25-41-29-34-36(42-26-31-17-7-2-8-18-31)37(43-27-32-19-9-3-10-20-32)38(44-28-33-21-11-4-12-22-33)39(45-34)46-35-23-13-14-24-40-35/h1-24,34,36-39H,25-29H2/t34-,36-,37-,38-,39-/m1/s1. The predicted molar refractivity (Wildman–Crippen MR) is 180 cm³/mol. The van der Waals surface area contributed by atoms with Gasteiger partial charge in [0.1, 0.15) is 29.9 Å². The molecular weight excluding hydrogens is 594 g/mol. The zero-order valence-corrected chi connectivity index (χ0v) is 26.5.